The zero-order valence-corrected chi connectivity index (χ0v) is 13.5. The molecule has 0 saturated carbocycles. The third-order valence-electron chi connectivity index (χ3n) is 3.11. The van der Waals surface area contributed by atoms with Crippen molar-refractivity contribution in [3.8, 4) is 0 Å². The van der Waals surface area contributed by atoms with Crippen LogP contribution in [-0.4, -0.2) is 50.7 Å². The summed E-state index contributed by atoms with van der Waals surface area (Å²) in [5.41, 5.74) is -0.522. The average molecular weight is 346 g/mol. The molecule has 1 N–H and O–H groups in total. The highest BCUT2D eigenvalue weighted by atomic mass is 79.9. The highest BCUT2D eigenvalue weighted by molar-refractivity contribution is 9.10. The second-order valence-electron chi connectivity index (χ2n) is 5.99. The van der Waals surface area contributed by atoms with Crippen molar-refractivity contribution in [1.82, 2.24) is 14.7 Å². The molecule has 1 aliphatic rings. The van der Waals surface area contributed by atoms with E-state index in [-0.39, 0.29) is 18.7 Å². The Labute approximate surface area is 126 Å². The Morgan fingerprint density at radius 1 is 1.55 bits per heavy atom. The van der Waals surface area contributed by atoms with Gasteiger partial charge in [-0.05, 0) is 43.1 Å². The number of β-amino-alcohol motifs (C(OH)–C–C–N with tert-alkyl or cyclic N) is 1. The van der Waals surface area contributed by atoms with E-state index in [2.05, 4.69) is 21.0 Å². The van der Waals surface area contributed by atoms with Crippen LogP contribution in [0.15, 0.2) is 16.9 Å². The first-order chi connectivity index (χ1) is 9.26. The fraction of sp³-hybridized carbons (Fsp3) is 0.692. The number of piperidine rings is 1. The smallest absolute Gasteiger partial charge is 0.410 e. The summed E-state index contributed by atoms with van der Waals surface area (Å²) in [6.45, 7) is 6.30. The van der Waals surface area contributed by atoms with Crippen molar-refractivity contribution in [2.75, 3.05) is 13.1 Å². The Morgan fingerprint density at radius 3 is 2.75 bits per heavy atom. The molecular formula is C13H20BrN3O3. The van der Waals surface area contributed by atoms with E-state index >= 15 is 0 Å². The topological polar surface area (TPSA) is 67.6 Å². The molecule has 2 rings (SSSR count). The van der Waals surface area contributed by atoms with Gasteiger partial charge in [0.1, 0.15) is 5.60 Å². The van der Waals surface area contributed by atoms with Gasteiger partial charge in [-0.15, -0.1) is 0 Å². The van der Waals surface area contributed by atoms with E-state index < -0.39 is 11.7 Å². The van der Waals surface area contributed by atoms with Crippen LogP contribution in [0.3, 0.4) is 0 Å². The molecule has 1 unspecified atom stereocenters. The molecule has 6 nitrogen and oxygen atoms in total. The molecule has 112 valence electrons. The summed E-state index contributed by atoms with van der Waals surface area (Å²) in [5.74, 6) is 0. The Balaban J connectivity index is 1.97. The van der Waals surface area contributed by atoms with Gasteiger partial charge < -0.3 is 14.7 Å². The number of aromatic nitrogens is 2. The van der Waals surface area contributed by atoms with Crippen molar-refractivity contribution >= 4 is 22.0 Å². The number of carbonyl (C=O) groups excluding carboxylic acids is 1. The number of aliphatic hydroxyl groups excluding tert-OH is 1. The molecule has 1 aromatic heterocycles. The van der Waals surface area contributed by atoms with Crippen molar-refractivity contribution < 1.29 is 14.6 Å². The van der Waals surface area contributed by atoms with Gasteiger partial charge >= 0.3 is 6.09 Å². The van der Waals surface area contributed by atoms with Gasteiger partial charge in [0.25, 0.3) is 0 Å². The van der Waals surface area contributed by atoms with Crippen molar-refractivity contribution in [2.24, 2.45) is 0 Å². The van der Waals surface area contributed by atoms with E-state index in [1.807, 2.05) is 27.0 Å². The molecular weight excluding hydrogens is 326 g/mol. The van der Waals surface area contributed by atoms with Crippen LogP contribution < -0.4 is 0 Å². The molecule has 1 amide bonds. The van der Waals surface area contributed by atoms with Gasteiger partial charge in [-0.1, -0.05) is 0 Å². The van der Waals surface area contributed by atoms with Crippen LogP contribution in [0.1, 0.15) is 33.2 Å². The van der Waals surface area contributed by atoms with E-state index in [4.69, 9.17) is 4.74 Å². The van der Waals surface area contributed by atoms with Crippen molar-refractivity contribution in [1.29, 1.82) is 0 Å². The number of nitrogens with zero attached hydrogens (tertiary/aromatic N) is 3. The molecule has 0 radical (unpaired) electrons. The Bertz CT molecular complexity index is 483. The maximum atomic E-state index is 12.0. The van der Waals surface area contributed by atoms with Crippen LogP contribution in [0, 0.1) is 0 Å². The van der Waals surface area contributed by atoms with Crippen LogP contribution in [0.2, 0.25) is 0 Å². The van der Waals surface area contributed by atoms with Crippen LogP contribution >= 0.6 is 15.9 Å². The Morgan fingerprint density at radius 2 is 2.25 bits per heavy atom. The number of rotatable bonds is 1. The van der Waals surface area contributed by atoms with Gasteiger partial charge in [-0.3, -0.25) is 4.68 Å². The minimum Gasteiger partial charge on any atom is -0.444 e. The first-order valence-electron chi connectivity index (χ1n) is 6.62. The maximum absolute atomic E-state index is 12.0. The van der Waals surface area contributed by atoms with Crippen molar-refractivity contribution in [3.05, 3.63) is 16.9 Å². The van der Waals surface area contributed by atoms with Gasteiger partial charge in [0.05, 0.1) is 29.4 Å². The van der Waals surface area contributed by atoms with E-state index in [0.717, 1.165) is 4.47 Å². The van der Waals surface area contributed by atoms with Crippen LogP contribution in [0.5, 0.6) is 0 Å². The number of hydrogen-bond donors (Lipinski definition) is 1. The predicted molar refractivity (Wildman–Crippen MR) is 77.4 cm³/mol. The third-order valence-corrected chi connectivity index (χ3v) is 3.52. The molecule has 1 saturated heterocycles. The summed E-state index contributed by atoms with van der Waals surface area (Å²) in [5, 5.41) is 14.4. The number of aliphatic hydroxyl groups is 1. The average Bonchev–Trinajstić information content (AvgIpc) is 2.73. The number of likely N-dealkylation sites (tertiary alicyclic amines) is 1. The number of amides is 1. The fourth-order valence-electron chi connectivity index (χ4n) is 2.22. The Kier molecular flexibility index (Phi) is 4.39. The van der Waals surface area contributed by atoms with E-state index in [9.17, 15) is 9.90 Å². The highest BCUT2D eigenvalue weighted by Gasteiger charge is 2.33. The molecule has 20 heavy (non-hydrogen) atoms. The quantitative estimate of drug-likeness (QED) is 0.847. The molecule has 2 atom stereocenters. The molecule has 0 spiro atoms. The van der Waals surface area contributed by atoms with Crippen molar-refractivity contribution in [3.63, 3.8) is 0 Å². The number of hydrogen-bond acceptors (Lipinski definition) is 4. The van der Waals surface area contributed by atoms with Gasteiger partial charge in [-0.25, -0.2) is 4.79 Å². The molecule has 0 aromatic carbocycles. The summed E-state index contributed by atoms with van der Waals surface area (Å²) in [7, 11) is 0. The number of carbonyl (C=O) groups is 1. The van der Waals surface area contributed by atoms with Gasteiger partial charge in [0.2, 0.25) is 0 Å². The lowest BCUT2D eigenvalue weighted by atomic mass is 10.0. The molecule has 1 aliphatic heterocycles. The highest BCUT2D eigenvalue weighted by Crippen LogP contribution is 2.25. The maximum Gasteiger partial charge on any atom is 0.410 e. The number of halogens is 1. The van der Waals surface area contributed by atoms with Gasteiger partial charge in [-0.2, -0.15) is 5.10 Å². The van der Waals surface area contributed by atoms with Crippen LogP contribution in [0.25, 0.3) is 0 Å². The zero-order valence-electron chi connectivity index (χ0n) is 11.9. The summed E-state index contributed by atoms with van der Waals surface area (Å²) < 4.78 is 7.93. The second-order valence-corrected chi connectivity index (χ2v) is 6.90. The van der Waals surface area contributed by atoms with Gasteiger partial charge in [0.15, 0.2) is 0 Å². The summed E-state index contributed by atoms with van der Waals surface area (Å²) in [6, 6.07) is -0.111. The summed E-state index contributed by atoms with van der Waals surface area (Å²) in [4.78, 5) is 13.5. The van der Waals surface area contributed by atoms with E-state index in [1.165, 1.54) is 0 Å². The lowest BCUT2D eigenvalue weighted by Crippen LogP contribution is -2.48. The third kappa shape index (κ3) is 3.73. The molecule has 0 aliphatic carbocycles. The standard InChI is InChI=1S/C13H20BrN3O3/c1-13(2,3)20-12(19)16-5-4-10(11(18)8-16)17-7-9(14)6-15-17/h6-7,10-11,18H,4-5,8H2,1-3H3/t10?,11-/m0/s1. The van der Waals surface area contributed by atoms with Crippen LogP contribution in [0.4, 0.5) is 4.79 Å². The lowest BCUT2D eigenvalue weighted by Gasteiger charge is -2.36. The Hall–Kier alpha value is -1.08. The normalized spacial score (nSPS) is 23.8. The SMILES string of the molecule is CC(C)(C)OC(=O)N1CCC(n2cc(Br)cn2)[C@@H](O)C1. The van der Waals surface area contributed by atoms with E-state index in [0.29, 0.717) is 13.0 Å². The summed E-state index contributed by atoms with van der Waals surface area (Å²) in [6.07, 6.45) is 3.14. The largest absolute Gasteiger partial charge is 0.444 e. The first-order valence-corrected chi connectivity index (χ1v) is 7.41. The minimum absolute atomic E-state index is 0.111. The summed E-state index contributed by atoms with van der Waals surface area (Å²) >= 11 is 3.34. The second kappa shape index (κ2) is 5.73. The van der Waals surface area contributed by atoms with Gasteiger partial charge in [0, 0.05) is 12.7 Å². The van der Waals surface area contributed by atoms with Crippen LogP contribution in [-0.2, 0) is 4.74 Å². The fourth-order valence-corrected chi connectivity index (χ4v) is 2.52. The molecule has 2 heterocycles. The van der Waals surface area contributed by atoms with Crippen molar-refractivity contribution in [2.45, 2.75) is 44.9 Å². The lowest BCUT2D eigenvalue weighted by molar-refractivity contribution is -0.0118. The molecule has 7 heteroatoms. The monoisotopic (exact) mass is 345 g/mol. The molecule has 1 aromatic rings. The predicted octanol–water partition coefficient (Wildman–Crippen LogP) is 2.19. The zero-order chi connectivity index (χ0) is 14.9. The number of ether oxygens (including phenoxy) is 1. The first kappa shape index (κ1) is 15.3. The molecule has 0 bridgehead atoms. The van der Waals surface area contributed by atoms with E-state index in [1.54, 1.807) is 15.8 Å². The minimum atomic E-state index is -0.650. The molecule has 1 fully saturated rings.